The zero-order valence-electron chi connectivity index (χ0n) is 8.90. The van der Waals surface area contributed by atoms with Gasteiger partial charge in [0.25, 0.3) is 0 Å². The molecule has 0 fully saturated rings. The SMILES string of the molecule is CN(CCCl)CCCl.O=C(O)/C=C/C(=O)O. The molecule has 94 valence electrons. The van der Waals surface area contributed by atoms with E-state index in [1.54, 1.807) is 0 Å². The largest absolute Gasteiger partial charge is 0.478 e. The van der Waals surface area contributed by atoms with Gasteiger partial charge in [-0.15, -0.1) is 23.2 Å². The Bertz CT molecular complexity index is 212. The molecule has 0 aliphatic heterocycles. The summed E-state index contributed by atoms with van der Waals surface area (Å²) in [5.74, 6) is -1.14. The molecule has 0 saturated heterocycles. The topological polar surface area (TPSA) is 77.8 Å². The van der Waals surface area contributed by atoms with E-state index in [2.05, 4.69) is 4.90 Å². The van der Waals surface area contributed by atoms with E-state index in [1.807, 2.05) is 7.05 Å². The minimum atomic E-state index is -1.26. The predicted molar refractivity (Wildman–Crippen MR) is 63.3 cm³/mol. The Kier molecular flexibility index (Phi) is 13.5. The maximum Gasteiger partial charge on any atom is 0.328 e. The first-order valence-corrected chi connectivity index (χ1v) is 5.45. The average Bonchev–Trinajstić information content (AvgIpc) is 2.16. The summed E-state index contributed by atoms with van der Waals surface area (Å²) in [5.41, 5.74) is 0. The summed E-state index contributed by atoms with van der Waals surface area (Å²) in [7, 11) is 2.00. The van der Waals surface area contributed by atoms with Crippen molar-refractivity contribution in [1.29, 1.82) is 0 Å². The van der Waals surface area contributed by atoms with Crippen molar-refractivity contribution >= 4 is 35.1 Å². The highest BCUT2D eigenvalue weighted by atomic mass is 35.5. The third-order valence-corrected chi connectivity index (χ3v) is 1.64. The van der Waals surface area contributed by atoms with Gasteiger partial charge in [-0.3, -0.25) is 0 Å². The van der Waals surface area contributed by atoms with Crippen molar-refractivity contribution in [2.75, 3.05) is 31.9 Å². The Morgan fingerprint density at radius 1 is 1.06 bits per heavy atom. The fraction of sp³-hybridized carbons (Fsp3) is 0.556. The molecule has 0 aliphatic carbocycles. The second kappa shape index (κ2) is 12.3. The quantitative estimate of drug-likeness (QED) is 0.559. The van der Waals surface area contributed by atoms with Crippen LogP contribution >= 0.6 is 23.2 Å². The molecule has 0 aliphatic rings. The van der Waals surface area contributed by atoms with Crippen molar-refractivity contribution in [3.05, 3.63) is 12.2 Å². The fourth-order valence-electron chi connectivity index (χ4n) is 0.543. The van der Waals surface area contributed by atoms with E-state index in [1.165, 1.54) is 0 Å². The molecule has 5 nitrogen and oxygen atoms in total. The number of alkyl halides is 2. The molecule has 0 radical (unpaired) electrons. The van der Waals surface area contributed by atoms with Crippen molar-refractivity contribution < 1.29 is 19.8 Å². The Morgan fingerprint density at radius 2 is 1.38 bits per heavy atom. The molecule has 16 heavy (non-hydrogen) atoms. The summed E-state index contributed by atoms with van der Waals surface area (Å²) in [5, 5.41) is 15.6. The highest BCUT2D eigenvalue weighted by Gasteiger charge is 1.92. The number of carboxylic acids is 2. The number of halogens is 2. The van der Waals surface area contributed by atoms with Crippen LogP contribution < -0.4 is 0 Å². The van der Waals surface area contributed by atoms with E-state index in [0.29, 0.717) is 23.9 Å². The maximum absolute atomic E-state index is 9.55. The summed E-state index contributed by atoms with van der Waals surface area (Å²) in [6.07, 6.45) is 1.12. The third kappa shape index (κ3) is 18.9. The molecule has 0 heterocycles. The highest BCUT2D eigenvalue weighted by molar-refractivity contribution is 6.18. The van der Waals surface area contributed by atoms with Crippen LogP contribution in [0.15, 0.2) is 12.2 Å². The Hall–Kier alpha value is -0.780. The van der Waals surface area contributed by atoms with Gasteiger partial charge in [-0.1, -0.05) is 0 Å². The molecule has 0 aromatic heterocycles. The molecule has 0 rings (SSSR count). The number of nitrogens with zero attached hydrogens (tertiary/aromatic N) is 1. The first-order chi connectivity index (χ1) is 7.43. The molecule has 0 aromatic rings. The smallest absolute Gasteiger partial charge is 0.328 e. The van der Waals surface area contributed by atoms with Crippen LogP contribution in [0.3, 0.4) is 0 Å². The first kappa shape index (κ1) is 17.6. The second-order valence-corrected chi connectivity index (χ2v) is 3.45. The van der Waals surface area contributed by atoms with Gasteiger partial charge in [0.1, 0.15) is 0 Å². The van der Waals surface area contributed by atoms with Gasteiger partial charge in [-0.05, 0) is 7.05 Å². The molecule has 2 N–H and O–H groups in total. The van der Waals surface area contributed by atoms with E-state index in [9.17, 15) is 9.59 Å². The lowest BCUT2D eigenvalue weighted by molar-refractivity contribution is -0.134. The van der Waals surface area contributed by atoms with Gasteiger partial charge in [-0.25, -0.2) is 9.59 Å². The van der Waals surface area contributed by atoms with Crippen LogP contribution in [0.5, 0.6) is 0 Å². The summed E-state index contributed by atoms with van der Waals surface area (Å²) in [6.45, 7) is 1.85. The van der Waals surface area contributed by atoms with Crippen molar-refractivity contribution in [3.8, 4) is 0 Å². The number of hydrogen-bond donors (Lipinski definition) is 2. The van der Waals surface area contributed by atoms with E-state index in [0.717, 1.165) is 13.1 Å². The molecule has 0 spiro atoms. The van der Waals surface area contributed by atoms with Gasteiger partial charge in [-0.2, -0.15) is 0 Å². The number of aliphatic carboxylic acids is 2. The Balaban J connectivity index is 0. The lowest BCUT2D eigenvalue weighted by Gasteiger charge is -2.11. The first-order valence-electron chi connectivity index (χ1n) is 4.38. The van der Waals surface area contributed by atoms with Crippen molar-refractivity contribution in [2.24, 2.45) is 0 Å². The molecule has 0 aromatic carbocycles. The predicted octanol–water partition coefficient (Wildman–Crippen LogP) is 1.11. The number of hydrogen-bond acceptors (Lipinski definition) is 3. The van der Waals surface area contributed by atoms with Crippen LogP contribution in [0.1, 0.15) is 0 Å². The van der Waals surface area contributed by atoms with Crippen LogP contribution in [0, 0.1) is 0 Å². The minimum absolute atomic E-state index is 0.558. The van der Waals surface area contributed by atoms with Gasteiger partial charge < -0.3 is 15.1 Å². The molecule has 0 saturated carbocycles. The zero-order valence-corrected chi connectivity index (χ0v) is 10.4. The van der Waals surface area contributed by atoms with E-state index >= 15 is 0 Å². The van der Waals surface area contributed by atoms with Crippen LogP contribution in [-0.4, -0.2) is 58.9 Å². The molecule has 0 unspecified atom stereocenters. The van der Waals surface area contributed by atoms with Crippen LogP contribution in [0.2, 0.25) is 0 Å². The normalized spacial score (nSPS) is 10.0. The summed E-state index contributed by atoms with van der Waals surface area (Å²) in [6, 6.07) is 0. The van der Waals surface area contributed by atoms with E-state index < -0.39 is 11.9 Å². The highest BCUT2D eigenvalue weighted by Crippen LogP contribution is 1.85. The lowest BCUT2D eigenvalue weighted by atomic mass is 10.5. The molecular formula is C9H15Cl2NO4. The molecular weight excluding hydrogens is 257 g/mol. The van der Waals surface area contributed by atoms with Crippen LogP contribution in [0.25, 0.3) is 0 Å². The van der Waals surface area contributed by atoms with Gasteiger partial charge in [0, 0.05) is 37.0 Å². The van der Waals surface area contributed by atoms with E-state index in [4.69, 9.17) is 33.4 Å². The lowest BCUT2D eigenvalue weighted by Crippen LogP contribution is -2.22. The Morgan fingerprint density at radius 3 is 1.56 bits per heavy atom. The Labute approximate surface area is 104 Å². The molecule has 0 bridgehead atoms. The maximum atomic E-state index is 9.55. The third-order valence-electron chi connectivity index (χ3n) is 1.30. The zero-order chi connectivity index (χ0) is 13.0. The number of carboxylic acid groups (broad SMARTS) is 2. The summed E-state index contributed by atoms with van der Waals surface area (Å²) in [4.78, 5) is 21.2. The monoisotopic (exact) mass is 271 g/mol. The van der Waals surface area contributed by atoms with Gasteiger partial charge in [0.2, 0.25) is 0 Å². The molecule has 0 atom stereocenters. The van der Waals surface area contributed by atoms with Crippen molar-refractivity contribution in [3.63, 3.8) is 0 Å². The average molecular weight is 272 g/mol. The summed E-state index contributed by atoms with van der Waals surface area (Å²) < 4.78 is 0. The second-order valence-electron chi connectivity index (χ2n) is 2.69. The van der Waals surface area contributed by atoms with Gasteiger partial charge in [0.15, 0.2) is 0 Å². The summed E-state index contributed by atoms with van der Waals surface area (Å²) >= 11 is 10.9. The van der Waals surface area contributed by atoms with Crippen LogP contribution in [-0.2, 0) is 9.59 Å². The van der Waals surface area contributed by atoms with Gasteiger partial charge in [0.05, 0.1) is 0 Å². The number of rotatable bonds is 6. The fourth-order valence-corrected chi connectivity index (χ4v) is 1.12. The van der Waals surface area contributed by atoms with Crippen molar-refractivity contribution in [1.82, 2.24) is 4.90 Å². The van der Waals surface area contributed by atoms with Crippen molar-refractivity contribution in [2.45, 2.75) is 0 Å². The van der Waals surface area contributed by atoms with Gasteiger partial charge >= 0.3 is 11.9 Å². The van der Waals surface area contributed by atoms with E-state index in [-0.39, 0.29) is 0 Å². The number of carbonyl (C=O) groups is 2. The molecule has 7 heteroatoms. The minimum Gasteiger partial charge on any atom is -0.478 e. The standard InChI is InChI=1S/C5H11Cl2N.C4H4O4/c1-8(4-2-6)5-3-7;5-3(6)1-2-4(7)8/h2-5H2,1H3;1-2H,(H,5,6)(H,7,8)/b;2-1+. The molecule has 0 amide bonds. The van der Waals surface area contributed by atoms with Crippen LogP contribution in [0.4, 0.5) is 0 Å².